The highest BCUT2D eigenvalue weighted by atomic mass is 79.9. The van der Waals surface area contributed by atoms with Crippen molar-refractivity contribution in [2.45, 2.75) is 64.5 Å². The van der Waals surface area contributed by atoms with E-state index >= 15 is 0 Å². The molecule has 0 aliphatic rings. The second-order valence-electron chi connectivity index (χ2n) is 8.30. The molecule has 0 rings (SSSR count). The molecule has 0 unspecified atom stereocenters. The Labute approximate surface area is 230 Å². The van der Waals surface area contributed by atoms with Crippen molar-refractivity contribution < 1.29 is 19.4 Å². The second kappa shape index (κ2) is 25.5. The fraction of sp³-hybridized carbons (Fsp3) is 0.913. The van der Waals surface area contributed by atoms with E-state index in [1.807, 2.05) is 38.0 Å². The maximum absolute atomic E-state index is 11.2. The van der Waals surface area contributed by atoms with Crippen LogP contribution in [0.25, 0.3) is 0 Å². The summed E-state index contributed by atoms with van der Waals surface area (Å²) in [7, 11) is 7.73. The normalized spacial score (nSPS) is 10.7. The molecular weight excluding hydrogens is 622 g/mol. The van der Waals surface area contributed by atoms with Crippen molar-refractivity contribution in [3.05, 3.63) is 0 Å². The average Bonchev–Trinajstić information content (AvgIpc) is 2.62. The Morgan fingerprint density at radius 1 is 0.818 bits per heavy atom. The molecular formula is C23H52Br3N3O4. The average molecular weight is 674 g/mol. The second-order valence-corrected chi connectivity index (χ2v) is 13.0. The standard InChI is InChI=1S/C8H16BrNO2.C6H15N.C4H6Br2O.C4H11NO.CH4/c1-8(2,9)7(11)12-6-5-10(3)4;1-4-7(5-2)6-3;1-4(2,6)3(5)7;1-5(2)3-4-6;/h5-6H2,1-4H3;4-6H2,1-3H3;1-2H3;6H,3-4H2,1-2H3;1H4. The van der Waals surface area contributed by atoms with E-state index in [-0.39, 0.29) is 24.7 Å². The highest BCUT2D eigenvalue weighted by Crippen LogP contribution is 2.19. The fourth-order valence-electron chi connectivity index (χ4n) is 1.36. The van der Waals surface area contributed by atoms with Crippen molar-refractivity contribution in [1.82, 2.24) is 14.7 Å². The predicted octanol–water partition coefficient (Wildman–Crippen LogP) is 4.87. The number of esters is 1. The van der Waals surface area contributed by atoms with Gasteiger partial charge in [0.05, 0.1) is 10.9 Å². The molecule has 0 aromatic carbocycles. The van der Waals surface area contributed by atoms with E-state index in [4.69, 9.17) is 9.84 Å². The lowest BCUT2D eigenvalue weighted by molar-refractivity contribution is -0.145. The summed E-state index contributed by atoms with van der Waals surface area (Å²) in [5, 5.41) is 8.20. The first kappa shape index (κ1) is 43.5. The molecule has 10 heteroatoms. The molecule has 0 aliphatic heterocycles. The topological polar surface area (TPSA) is 73.3 Å². The number of halogens is 3. The lowest BCUT2D eigenvalue weighted by Gasteiger charge is -2.16. The third-order valence-corrected chi connectivity index (χ3v) is 5.82. The third-order valence-electron chi connectivity index (χ3n) is 3.61. The molecule has 204 valence electrons. The molecule has 0 saturated heterocycles. The van der Waals surface area contributed by atoms with Gasteiger partial charge >= 0.3 is 5.97 Å². The van der Waals surface area contributed by atoms with Crippen LogP contribution in [0, 0.1) is 0 Å². The number of aliphatic hydroxyl groups is 1. The van der Waals surface area contributed by atoms with Crippen LogP contribution in [-0.2, 0) is 14.3 Å². The van der Waals surface area contributed by atoms with E-state index in [1.165, 1.54) is 19.6 Å². The number of alkyl halides is 2. The number of rotatable bonds is 10. The minimum atomic E-state index is -0.570. The van der Waals surface area contributed by atoms with Crippen molar-refractivity contribution in [3.63, 3.8) is 0 Å². The van der Waals surface area contributed by atoms with E-state index in [0.717, 1.165) is 13.1 Å². The summed E-state index contributed by atoms with van der Waals surface area (Å²) in [5.41, 5.74) is 0. The van der Waals surface area contributed by atoms with Gasteiger partial charge in [0.1, 0.15) is 10.9 Å². The third kappa shape index (κ3) is 39.9. The number of carbonyl (C=O) groups excluding carboxylic acids is 2. The fourth-order valence-corrected chi connectivity index (χ4v) is 1.48. The Balaban J connectivity index is -0.000000109. The first-order valence-electron chi connectivity index (χ1n) is 10.8. The van der Waals surface area contributed by atoms with E-state index < -0.39 is 8.65 Å². The molecule has 0 radical (unpaired) electrons. The SMILES string of the molecule is C.CC(C)(Br)C(=O)Br.CCN(CC)CC.CN(C)CCO.CN(C)CCOC(=O)C(C)(C)Br. The molecule has 0 spiro atoms. The highest BCUT2D eigenvalue weighted by Gasteiger charge is 2.25. The Morgan fingerprint density at radius 3 is 1.27 bits per heavy atom. The summed E-state index contributed by atoms with van der Waals surface area (Å²) in [4.78, 5) is 27.8. The van der Waals surface area contributed by atoms with Crippen LogP contribution in [0.15, 0.2) is 0 Å². The number of ether oxygens (including phenoxy) is 1. The zero-order valence-corrected chi connectivity index (χ0v) is 26.9. The molecule has 0 saturated carbocycles. The molecule has 0 atom stereocenters. The smallest absolute Gasteiger partial charge is 0.322 e. The Bertz CT molecular complexity index is 444. The summed E-state index contributed by atoms with van der Waals surface area (Å²) in [5.74, 6) is -0.218. The number of hydrogen-bond acceptors (Lipinski definition) is 7. The number of aliphatic hydroxyl groups excluding tert-OH is 1. The van der Waals surface area contributed by atoms with Gasteiger partial charge in [-0.3, -0.25) is 9.59 Å². The van der Waals surface area contributed by atoms with Crippen LogP contribution in [0.3, 0.4) is 0 Å². The van der Waals surface area contributed by atoms with Crippen LogP contribution >= 0.6 is 47.8 Å². The van der Waals surface area contributed by atoms with Crippen LogP contribution in [0.2, 0.25) is 0 Å². The molecule has 0 fully saturated rings. The van der Waals surface area contributed by atoms with E-state index in [1.54, 1.807) is 27.7 Å². The van der Waals surface area contributed by atoms with Gasteiger partial charge in [0.15, 0.2) is 0 Å². The number of carbonyl (C=O) groups is 2. The summed E-state index contributed by atoms with van der Waals surface area (Å²) in [6, 6.07) is 0. The Hall–Kier alpha value is 0.420. The van der Waals surface area contributed by atoms with Gasteiger partial charge in [-0.2, -0.15) is 0 Å². The van der Waals surface area contributed by atoms with Gasteiger partial charge < -0.3 is 24.5 Å². The quantitative estimate of drug-likeness (QED) is 0.202. The summed E-state index contributed by atoms with van der Waals surface area (Å²) >= 11 is 9.18. The first-order chi connectivity index (χ1) is 14.4. The van der Waals surface area contributed by atoms with Gasteiger partial charge in [0.25, 0.3) is 0 Å². The van der Waals surface area contributed by atoms with Crippen molar-refractivity contribution >= 4 is 58.5 Å². The number of likely N-dealkylation sites (N-methyl/N-ethyl adjacent to an activating group) is 2. The van der Waals surface area contributed by atoms with Gasteiger partial charge in [0.2, 0.25) is 4.69 Å². The van der Waals surface area contributed by atoms with Gasteiger partial charge in [-0.1, -0.05) is 60.1 Å². The summed E-state index contributed by atoms with van der Waals surface area (Å²) in [6.07, 6.45) is 0. The molecule has 0 aromatic rings. The first-order valence-corrected chi connectivity index (χ1v) is 13.2. The molecule has 0 heterocycles. The minimum absolute atomic E-state index is 0. The monoisotopic (exact) mass is 671 g/mol. The molecule has 0 amide bonds. The van der Waals surface area contributed by atoms with Crippen LogP contribution < -0.4 is 0 Å². The zero-order chi connectivity index (χ0) is 26.5. The Kier molecular flexibility index (Phi) is 33.6. The number of nitrogens with zero attached hydrogens (tertiary/aromatic N) is 3. The molecule has 1 N–H and O–H groups in total. The van der Waals surface area contributed by atoms with Gasteiger partial charge in [-0.15, -0.1) is 0 Å². The van der Waals surface area contributed by atoms with Crippen LogP contribution in [0.5, 0.6) is 0 Å². The van der Waals surface area contributed by atoms with Gasteiger partial charge in [-0.25, -0.2) is 0 Å². The molecule has 33 heavy (non-hydrogen) atoms. The van der Waals surface area contributed by atoms with Crippen molar-refractivity contribution in [2.24, 2.45) is 0 Å². The minimum Gasteiger partial charge on any atom is -0.463 e. The predicted molar refractivity (Wildman–Crippen MR) is 155 cm³/mol. The summed E-state index contributed by atoms with van der Waals surface area (Å²) < 4.78 is 3.98. The van der Waals surface area contributed by atoms with Crippen molar-refractivity contribution in [2.75, 3.05) is 74.1 Å². The lowest BCUT2D eigenvalue weighted by atomic mass is 10.2. The van der Waals surface area contributed by atoms with E-state index in [2.05, 4.69) is 73.5 Å². The van der Waals surface area contributed by atoms with Gasteiger partial charge in [0, 0.05) is 13.1 Å². The number of hydrogen-bond donors (Lipinski definition) is 1. The molecule has 0 aromatic heterocycles. The van der Waals surface area contributed by atoms with Crippen LogP contribution in [0.4, 0.5) is 0 Å². The largest absolute Gasteiger partial charge is 0.463 e. The van der Waals surface area contributed by atoms with Crippen molar-refractivity contribution in [1.29, 1.82) is 0 Å². The highest BCUT2D eigenvalue weighted by molar-refractivity contribution is 9.20. The Morgan fingerprint density at radius 2 is 1.15 bits per heavy atom. The van der Waals surface area contributed by atoms with E-state index in [0.29, 0.717) is 6.61 Å². The lowest BCUT2D eigenvalue weighted by Crippen LogP contribution is -2.29. The van der Waals surface area contributed by atoms with Crippen molar-refractivity contribution in [3.8, 4) is 0 Å². The summed E-state index contributed by atoms with van der Waals surface area (Å²) in [6.45, 7) is 19.5. The molecule has 7 nitrogen and oxygen atoms in total. The van der Waals surface area contributed by atoms with Crippen LogP contribution in [-0.4, -0.2) is 113 Å². The zero-order valence-electron chi connectivity index (χ0n) is 22.1. The van der Waals surface area contributed by atoms with Gasteiger partial charge in [-0.05, 0) is 91.4 Å². The molecule has 0 bridgehead atoms. The van der Waals surface area contributed by atoms with E-state index in [9.17, 15) is 9.59 Å². The maximum Gasteiger partial charge on any atom is 0.322 e. The van der Waals surface area contributed by atoms with Crippen LogP contribution in [0.1, 0.15) is 55.9 Å². The maximum atomic E-state index is 11.2. The molecule has 0 aliphatic carbocycles.